The first-order valence-corrected chi connectivity index (χ1v) is 7.92. The van der Waals surface area contributed by atoms with Crippen LogP contribution in [0.15, 0.2) is 48.5 Å². The summed E-state index contributed by atoms with van der Waals surface area (Å²) >= 11 is 0. The first-order chi connectivity index (χ1) is 10.3. The molecule has 0 saturated heterocycles. The van der Waals surface area contributed by atoms with Gasteiger partial charge in [-0.2, -0.15) is 0 Å². The number of rotatable bonds is 4. The lowest BCUT2D eigenvalue weighted by Crippen LogP contribution is -2.31. The summed E-state index contributed by atoms with van der Waals surface area (Å²) in [5, 5.41) is 3.51. The molecule has 2 nitrogen and oxygen atoms in total. The summed E-state index contributed by atoms with van der Waals surface area (Å²) in [6.45, 7) is 7.61. The van der Waals surface area contributed by atoms with Crippen LogP contribution in [0.5, 0.6) is 0 Å². The van der Waals surface area contributed by atoms with E-state index in [1.54, 1.807) is 0 Å². The van der Waals surface area contributed by atoms with Gasteiger partial charge in [-0.05, 0) is 44.0 Å². The highest BCUT2D eigenvalue weighted by atomic mass is 15.1. The highest BCUT2D eigenvalue weighted by Crippen LogP contribution is 2.32. The van der Waals surface area contributed by atoms with Gasteiger partial charge in [0.2, 0.25) is 0 Å². The number of fused-ring (bicyclic) bond motifs is 1. The molecule has 1 heterocycles. The molecule has 1 atom stereocenters. The Morgan fingerprint density at radius 3 is 2.62 bits per heavy atom. The number of nitrogens with zero attached hydrogens (tertiary/aromatic N) is 1. The third-order valence-electron chi connectivity index (χ3n) is 4.43. The van der Waals surface area contributed by atoms with Gasteiger partial charge in [0.05, 0.1) is 0 Å². The Morgan fingerprint density at radius 1 is 1.10 bits per heavy atom. The van der Waals surface area contributed by atoms with Crippen LogP contribution in [-0.2, 0) is 0 Å². The molecule has 0 saturated carbocycles. The fraction of sp³-hybridized carbons (Fsp3) is 0.368. The van der Waals surface area contributed by atoms with Gasteiger partial charge in [0, 0.05) is 36.9 Å². The van der Waals surface area contributed by atoms with Crippen LogP contribution in [0.25, 0.3) is 0 Å². The van der Waals surface area contributed by atoms with Gasteiger partial charge in [0.25, 0.3) is 0 Å². The minimum atomic E-state index is 0.615. The summed E-state index contributed by atoms with van der Waals surface area (Å²) < 4.78 is 0. The fourth-order valence-corrected chi connectivity index (χ4v) is 3.18. The zero-order valence-corrected chi connectivity index (χ0v) is 13.0. The van der Waals surface area contributed by atoms with E-state index in [-0.39, 0.29) is 0 Å². The molecule has 1 aliphatic rings. The standard InChI is InChI=1S/C19H24N2/c1-3-21(17-10-8-15(2)9-11-17)14-16-12-13-20-19-7-5-4-6-18(16)19/h4-11,16,20H,3,12-14H2,1-2H3. The molecule has 2 heteroatoms. The summed E-state index contributed by atoms with van der Waals surface area (Å²) in [5.74, 6) is 0.615. The van der Waals surface area contributed by atoms with E-state index in [1.807, 2.05) is 0 Å². The van der Waals surface area contributed by atoms with Gasteiger partial charge in [0.15, 0.2) is 0 Å². The number of para-hydroxylation sites is 1. The minimum Gasteiger partial charge on any atom is -0.385 e. The van der Waals surface area contributed by atoms with Crippen molar-refractivity contribution in [1.29, 1.82) is 0 Å². The van der Waals surface area contributed by atoms with Gasteiger partial charge < -0.3 is 10.2 Å². The van der Waals surface area contributed by atoms with E-state index in [2.05, 4.69) is 72.6 Å². The molecule has 2 aromatic carbocycles. The van der Waals surface area contributed by atoms with E-state index in [0.717, 1.165) is 19.6 Å². The van der Waals surface area contributed by atoms with Crippen molar-refractivity contribution in [3.05, 3.63) is 59.7 Å². The first-order valence-electron chi connectivity index (χ1n) is 7.92. The van der Waals surface area contributed by atoms with Crippen molar-refractivity contribution in [2.45, 2.75) is 26.2 Å². The Labute approximate surface area is 127 Å². The molecule has 1 unspecified atom stereocenters. The van der Waals surface area contributed by atoms with Crippen LogP contribution in [-0.4, -0.2) is 19.6 Å². The van der Waals surface area contributed by atoms with Crippen LogP contribution >= 0.6 is 0 Å². The molecule has 0 aliphatic carbocycles. The van der Waals surface area contributed by atoms with Crippen molar-refractivity contribution in [2.75, 3.05) is 29.9 Å². The maximum Gasteiger partial charge on any atom is 0.0376 e. The quantitative estimate of drug-likeness (QED) is 0.891. The van der Waals surface area contributed by atoms with Crippen LogP contribution in [0, 0.1) is 6.92 Å². The second-order valence-corrected chi connectivity index (χ2v) is 5.87. The Hall–Kier alpha value is -1.96. The summed E-state index contributed by atoms with van der Waals surface area (Å²) in [5.41, 5.74) is 5.43. The predicted molar refractivity (Wildman–Crippen MR) is 91.4 cm³/mol. The molecule has 1 N–H and O–H groups in total. The van der Waals surface area contributed by atoms with Gasteiger partial charge in [-0.15, -0.1) is 0 Å². The van der Waals surface area contributed by atoms with E-state index < -0.39 is 0 Å². The normalized spacial score (nSPS) is 17.0. The topological polar surface area (TPSA) is 15.3 Å². The van der Waals surface area contributed by atoms with Gasteiger partial charge in [-0.25, -0.2) is 0 Å². The molecule has 0 spiro atoms. The summed E-state index contributed by atoms with van der Waals surface area (Å²) in [6.07, 6.45) is 1.21. The van der Waals surface area contributed by atoms with E-state index in [1.165, 1.54) is 28.9 Å². The zero-order chi connectivity index (χ0) is 14.7. The molecule has 110 valence electrons. The SMILES string of the molecule is CCN(CC1CCNc2ccccc21)c1ccc(C)cc1. The molecule has 0 bridgehead atoms. The van der Waals surface area contributed by atoms with Gasteiger partial charge >= 0.3 is 0 Å². The van der Waals surface area contributed by atoms with Crippen molar-refractivity contribution in [3.8, 4) is 0 Å². The average Bonchev–Trinajstić information content (AvgIpc) is 2.54. The molecule has 21 heavy (non-hydrogen) atoms. The van der Waals surface area contributed by atoms with Crippen LogP contribution in [0.1, 0.15) is 30.4 Å². The van der Waals surface area contributed by atoms with Crippen LogP contribution in [0.4, 0.5) is 11.4 Å². The zero-order valence-electron chi connectivity index (χ0n) is 13.0. The van der Waals surface area contributed by atoms with E-state index in [0.29, 0.717) is 5.92 Å². The highest BCUT2D eigenvalue weighted by molar-refractivity contribution is 5.56. The number of hydrogen-bond acceptors (Lipinski definition) is 2. The largest absolute Gasteiger partial charge is 0.385 e. The molecular formula is C19H24N2. The predicted octanol–water partition coefficient (Wildman–Crippen LogP) is 4.42. The maximum absolute atomic E-state index is 3.51. The number of aryl methyl sites for hydroxylation is 1. The van der Waals surface area contributed by atoms with E-state index in [4.69, 9.17) is 0 Å². The fourth-order valence-electron chi connectivity index (χ4n) is 3.18. The van der Waals surface area contributed by atoms with Crippen molar-refractivity contribution in [3.63, 3.8) is 0 Å². The second kappa shape index (κ2) is 6.21. The van der Waals surface area contributed by atoms with Crippen LogP contribution in [0.2, 0.25) is 0 Å². The number of benzene rings is 2. The Balaban J connectivity index is 1.80. The third kappa shape index (κ3) is 3.05. The lowest BCUT2D eigenvalue weighted by molar-refractivity contribution is 0.605. The number of likely N-dealkylation sites (N-methyl/N-ethyl adjacent to an activating group) is 1. The average molecular weight is 280 g/mol. The van der Waals surface area contributed by atoms with Gasteiger partial charge in [-0.1, -0.05) is 35.9 Å². The van der Waals surface area contributed by atoms with Crippen molar-refractivity contribution < 1.29 is 0 Å². The smallest absolute Gasteiger partial charge is 0.0376 e. The Morgan fingerprint density at radius 2 is 1.86 bits per heavy atom. The van der Waals surface area contributed by atoms with Crippen molar-refractivity contribution in [2.24, 2.45) is 0 Å². The summed E-state index contributed by atoms with van der Waals surface area (Å²) in [6, 6.07) is 17.6. The molecule has 2 aromatic rings. The monoisotopic (exact) mass is 280 g/mol. The number of hydrogen-bond donors (Lipinski definition) is 1. The van der Waals surface area contributed by atoms with E-state index in [9.17, 15) is 0 Å². The van der Waals surface area contributed by atoms with Crippen LogP contribution < -0.4 is 10.2 Å². The lowest BCUT2D eigenvalue weighted by atomic mass is 9.90. The molecule has 0 radical (unpaired) electrons. The third-order valence-corrected chi connectivity index (χ3v) is 4.43. The highest BCUT2D eigenvalue weighted by Gasteiger charge is 2.21. The molecule has 0 amide bonds. The molecular weight excluding hydrogens is 256 g/mol. The molecule has 3 rings (SSSR count). The molecule has 0 aromatic heterocycles. The van der Waals surface area contributed by atoms with Gasteiger partial charge in [0.1, 0.15) is 0 Å². The Kier molecular flexibility index (Phi) is 4.14. The van der Waals surface area contributed by atoms with Crippen molar-refractivity contribution in [1.82, 2.24) is 0 Å². The molecule has 0 fully saturated rings. The van der Waals surface area contributed by atoms with E-state index >= 15 is 0 Å². The lowest BCUT2D eigenvalue weighted by Gasteiger charge is -2.32. The van der Waals surface area contributed by atoms with Gasteiger partial charge in [-0.3, -0.25) is 0 Å². The maximum atomic E-state index is 3.51. The van der Waals surface area contributed by atoms with Crippen molar-refractivity contribution >= 4 is 11.4 Å². The number of nitrogens with one attached hydrogen (secondary N) is 1. The van der Waals surface area contributed by atoms with Crippen LogP contribution in [0.3, 0.4) is 0 Å². The molecule has 1 aliphatic heterocycles. The minimum absolute atomic E-state index is 0.615. The first kappa shape index (κ1) is 14.0. The Bertz CT molecular complexity index is 589. The second-order valence-electron chi connectivity index (χ2n) is 5.87. The summed E-state index contributed by atoms with van der Waals surface area (Å²) in [4.78, 5) is 2.49. The number of anilines is 2. The summed E-state index contributed by atoms with van der Waals surface area (Å²) in [7, 11) is 0.